The summed E-state index contributed by atoms with van der Waals surface area (Å²) < 4.78 is 16.0. The van der Waals surface area contributed by atoms with Crippen LogP contribution < -0.4 is 9.47 Å². The minimum Gasteiger partial charge on any atom is -0.490 e. The quantitative estimate of drug-likeness (QED) is 0.494. The molecule has 8 heteroatoms. The number of imide groups is 1. The molecule has 0 bridgehead atoms. The Bertz CT molecular complexity index is 761. The Hall–Kier alpha value is -2.48. The highest BCUT2D eigenvalue weighted by atomic mass is 32.2. The van der Waals surface area contributed by atoms with Crippen molar-refractivity contribution >= 4 is 35.0 Å². The van der Waals surface area contributed by atoms with E-state index in [0.717, 1.165) is 16.7 Å². The zero-order valence-electron chi connectivity index (χ0n) is 15.8. The maximum atomic E-state index is 12.6. The lowest BCUT2D eigenvalue weighted by Gasteiger charge is -2.19. The topological polar surface area (TPSA) is 82.1 Å². The van der Waals surface area contributed by atoms with Crippen molar-refractivity contribution in [2.45, 2.75) is 33.7 Å². The fraction of sp³-hybridized carbons (Fsp3) is 0.421. The van der Waals surface area contributed by atoms with Gasteiger partial charge in [0.25, 0.3) is 11.1 Å². The molecule has 1 saturated heterocycles. The average Bonchev–Trinajstić information content (AvgIpc) is 2.90. The summed E-state index contributed by atoms with van der Waals surface area (Å²) in [5.74, 6) is 0.0471. The zero-order valence-corrected chi connectivity index (χ0v) is 16.6. The molecular weight excluding hydrogens is 370 g/mol. The number of ether oxygens (including phenoxy) is 3. The molecule has 1 atom stereocenters. The van der Waals surface area contributed by atoms with Gasteiger partial charge in [0, 0.05) is 0 Å². The Kier molecular flexibility index (Phi) is 7.29. The van der Waals surface area contributed by atoms with Crippen molar-refractivity contribution in [3.63, 3.8) is 0 Å². The molecule has 1 aromatic carbocycles. The first-order valence-corrected chi connectivity index (χ1v) is 9.57. The van der Waals surface area contributed by atoms with Crippen molar-refractivity contribution in [2.24, 2.45) is 0 Å². The normalized spacial score (nSPS) is 16.6. The second-order valence-electron chi connectivity index (χ2n) is 5.55. The SMILES string of the molecule is CCOC(=O)[C@@H](C)N1C(=O)S/C(=C/c2ccc(OCC)c(OCC)c2)C1=O. The monoisotopic (exact) mass is 393 g/mol. The highest BCUT2D eigenvalue weighted by Crippen LogP contribution is 2.35. The molecule has 1 heterocycles. The van der Waals surface area contributed by atoms with Crippen LogP contribution in [-0.2, 0) is 14.3 Å². The largest absolute Gasteiger partial charge is 0.490 e. The van der Waals surface area contributed by atoms with Crippen LogP contribution in [0.3, 0.4) is 0 Å². The Balaban J connectivity index is 2.27. The molecule has 27 heavy (non-hydrogen) atoms. The van der Waals surface area contributed by atoms with Crippen LogP contribution in [0.25, 0.3) is 6.08 Å². The van der Waals surface area contributed by atoms with Crippen LogP contribution in [0.15, 0.2) is 23.1 Å². The molecular formula is C19H23NO6S. The second kappa shape index (κ2) is 9.45. The molecule has 0 unspecified atom stereocenters. The van der Waals surface area contributed by atoms with Gasteiger partial charge in [0.1, 0.15) is 6.04 Å². The Labute approximate surface area is 162 Å². The van der Waals surface area contributed by atoms with Gasteiger partial charge in [-0.3, -0.25) is 14.5 Å². The lowest BCUT2D eigenvalue weighted by atomic mass is 10.1. The molecule has 0 saturated carbocycles. The highest BCUT2D eigenvalue weighted by Gasteiger charge is 2.41. The van der Waals surface area contributed by atoms with Crippen LogP contribution in [0.2, 0.25) is 0 Å². The molecule has 2 rings (SSSR count). The first kappa shape index (κ1) is 20.8. The minimum atomic E-state index is -0.970. The number of hydrogen-bond acceptors (Lipinski definition) is 7. The van der Waals surface area contributed by atoms with E-state index in [2.05, 4.69) is 0 Å². The van der Waals surface area contributed by atoms with E-state index in [1.165, 1.54) is 6.92 Å². The summed E-state index contributed by atoms with van der Waals surface area (Å²) in [6, 6.07) is 4.31. The molecule has 0 aromatic heterocycles. The van der Waals surface area contributed by atoms with Gasteiger partial charge < -0.3 is 14.2 Å². The number of rotatable bonds is 8. The number of benzene rings is 1. The number of nitrogens with zero attached hydrogens (tertiary/aromatic N) is 1. The second-order valence-corrected chi connectivity index (χ2v) is 6.55. The summed E-state index contributed by atoms with van der Waals surface area (Å²) in [6.07, 6.45) is 1.60. The van der Waals surface area contributed by atoms with E-state index in [-0.39, 0.29) is 11.5 Å². The summed E-state index contributed by atoms with van der Waals surface area (Å²) in [5.41, 5.74) is 0.691. The summed E-state index contributed by atoms with van der Waals surface area (Å²) >= 11 is 0.793. The van der Waals surface area contributed by atoms with E-state index in [9.17, 15) is 14.4 Å². The smallest absolute Gasteiger partial charge is 0.329 e. The van der Waals surface area contributed by atoms with Gasteiger partial charge in [-0.2, -0.15) is 0 Å². The Morgan fingerprint density at radius 1 is 1.11 bits per heavy atom. The van der Waals surface area contributed by atoms with Gasteiger partial charge in [-0.05, 0) is 63.2 Å². The molecule has 1 aliphatic heterocycles. The van der Waals surface area contributed by atoms with Gasteiger partial charge in [0.2, 0.25) is 0 Å². The van der Waals surface area contributed by atoms with Crippen molar-refractivity contribution in [2.75, 3.05) is 19.8 Å². The van der Waals surface area contributed by atoms with E-state index in [4.69, 9.17) is 14.2 Å². The van der Waals surface area contributed by atoms with Gasteiger partial charge in [-0.25, -0.2) is 4.79 Å². The van der Waals surface area contributed by atoms with Crippen LogP contribution in [0.1, 0.15) is 33.3 Å². The standard InChI is InChI=1S/C19H23NO6S/c1-5-24-14-9-8-13(10-15(14)25-6-2)11-16-17(21)20(19(23)27-16)12(4)18(22)26-7-3/h8-12H,5-7H2,1-4H3/b16-11+/t12-/m1/s1. The Morgan fingerprint density at radius 3 is 2.41 bits per heavy atom. The number of amides is 2. The molecule has 1 fully saturated rings. The maximum absolute atomic E-state index is 12.6. The molecule has 1 aromatic rings. The van der Waals surface area contributed by atoms with E-state index in [1.54, 1.807) is 31.2 Å². The fourth-order valence-corrected chi connectivity index (χ4v) is 3.40. The predicted molar refractivity (Wildman–Crippen MR) is 103 cm³/mol. The third kappa shape index (κ3) is 4.82. The van der Waals surface area contributed by atoms with Crippen molar-refractivity contribution < 1.29 is 28.6 Å². The third-order valence-electron chi connectivity index (χ3n) is 3.70. The zero-order chi connectivity index (χ0) is 20.0. The van der Waals surface area contributed by atoms with Crippen molar-refractivity contribution in [3.05, 3.63) is 28.7 Å². The molecule has 2 amide bonds. The number of thioether (sulfide) groups is 1. The van der Waals surface area contributed by atoms with Crippen LogP contribution in [0, 0.1) is 0 Å². The van der Waals surface area contributed by atoms with Crippen LogP contribution in [-0.4, -0.2) is 47.9 Å². The lowest BCUT2D eigenvalue weighted by molar-refractivity contribution is -0.150. The van der Waals surface area contributed by atoms with Crippen LogP contribution >= 0.6 is 11.8 Å². The molecule has 7 nitrogen and oxygen atoms in total. The summed E-state index contributed by atoms with van der Waals surface area (Å²) in [4.78, 5) is 37.9. The van der Waals surface area contributed by atoms with Gasteiger partial charge >= 0.3 is 5.97 Å². The number of hydrogen-bond donors (Lipinski definition) is 0. The first-order chi connectivity index (χ1) is 12.9. The molecule has 0 spiro atoms. The van der Waals surface area contributed by atoms with E-state index in [1.807, 2.05) is 13.8 Å². The van der Waals surface area contributed by atoms with Crippen LogP contribution in [0.5, 0.6) is 11.5 Å². The van der Waals surface area contributed by atoms with Crippen LogP contribution in [0.4, 0.5) is 4.79 Å². The molecule has 0 N–H and O–H groups in total. The maximum Gasteiger partial charge on any atom is 0.329 e. The van der Waals surface area contributed by atoms with Gasteiger partial charge in [0.15, 0.2) is 11.5 Å². The number of carbonyl (C=O) groups is 3. The highest BCUT2D eigenvalue weighted by molar-refractivity contribution is 8.18. The first-order valence-electron chi connectivity index (χ1n) is 8.76. The van der Waals surface area contributed by atoms with Gasteiger partial charge in [-0.15, -0.1) is 0 Å². The van der Waals surface area contributed by atoms with E-state index < -0.39 is 23.2 Å². The Morgan fingerprint density at radius 2 is 1.78 bits per heavy atom. The predicted octanol–water partition coefficient (Wildman–Crippen LogP) is 3.47. The molecule has 0 radical (unpaired) electrons. The van der Waals surface area contributed by atoms with Crippen molar-refractivity contribution in [3.8, 4) is 11.5 Å². The number of carbonyl (C=O) groups excluding carboxylic acids is 3. The van der Waals surface area contributed by atoms with E-state index >= 15 is 0 Å². The number of esters is 1. The summed E-state index contributed by atoms with van der Waals surface area (Å²) in [5, 5.41) is -0.497. The van der Waals surface area contributed by atoms with Gasteiger partial charge in [-0.1, -0.05) is 6.07 Å². The lowest BCUT2D eigenvalue weighted by Crippen LogP contribution is -2.42. The average molecular weight is 393 g/mol. The van der Waals surface area contributed by atoms with Crippen molar-refractivity contribution in [1.29, 1.82) is 0 Å². The van der Waals surface area contributed by atoms with Crippen molar-refractivity contribution in [1.82, 2.24) is 4.90 Å². The summed E-state index contributed by atoms with van der Waals surface area (Å²) in [7, 11) is 0. The third-order valence-corrected chi connectivity index (χ3v) is 4.59. The summed E-state index contributed by atoms with van der Waals surface area (Å²) in [6.45, 7) is 8.04. The minimum absolute atomic E-state index is 0.182. The van der Waals surface area contributed by atoms with E-state index in [0.29, 0.717) is 30.3 Å². The molecule has 0 aliphatic carbocycles. The van der Waals surface area contributed by atoms with Gasteiger partial charge in [0.05, 0.1) is 24.7 Å². The fourth-order valence-electron chi connectivity index (χ4n) is 2.49. The molecule has 1 aliphatic rings. The molecule has 146 valence electrons.